The first-order chi connectivity index (χ1) is 15.3. The SMILES string of the molecule is COC1C[C@H]2[C@@H]3CC[C@H]([C@H](C)/C=C/c4ncccc4Cl)[C@@]3(C)CC[C@@H]2[C@@]2(C)CC[C@@H]3CC132. The van der Waals surface area contributed by atoms with Crippen LogP contribution in [0.1, 0.15) is 77.8 Å². The molecule has 2 unspecified atom stereocenters. The highest BCUT2D eigenvalue weighted by Crippen LogP contribution is 2.82. The summed E-state index contributed by atoms with van der Waals surface area (Å²) in [4.78, 5) is 4.46. The van der Waals surface area contributed by atoms with Crippen molar-refractivity contribution in [2.24, 2.45) is 51.8 Å². The number of allylic oxidation sites excluding steroid dienone is 1. The first kappa shape index (κ1) is 21.7. The minimum Gasteiger partial charge on any atom is -0.381 e. The Morgan fingerprint density at radius 1 is 1.16 bits per heavy atom. The monoisotopic (exact) mass is 453 g/mol. The maximum atomic E-state index is 6.36. The number of pyridine rings is 1. The van der Waals surface area contributed by atoms with Gasteiger partial charge >= 0.3 is 0 Å². The second kappa shape index (κ2) is 7.32. The average Bonchev–Trinajstić information content (AvgIpc) is 3.29. The van der Waals surface area contributed by atoms with Crippen LogP contribution in [0.2, 0.25) is 5.02 Å². The molecule has 0 saturated heterocycles. The molecular formula is C29H40ClNO. The standard InChI is InChI=1S/C29H40ClNO/c1-18(7-10-25-24(30)6-5-15-31-25)21-8-9-22-20-16-26(32-4)29-17-19(29)11-14-28(29,3)23(20)12-13-27(21,22)2/h5-7,10,15,18-23,26H,8-9,11-14,16-17H2,1-4H3/b10-7+/t18-,19-,20+,21-,22+,23+,26?,27-,28-,29?/m1/s1. The number of hydrogen-bond acceptors (Lipinski definition) is 2. The second-order valence-electron chi connectivity index (χ2n) is 12.6. The summed E-state index contributed by atoms with van der Waals surface area (Å²) >= 11 is 6.36. The lowest BCUT2D eigenvalue weighted by Gasteiger charge is -2.61. The van der Waals surface area contributed by atoms with Gasteiger partial charge in [0, 0.05) is 18.7 Å². The van der Waals surface area contributed by atoms with E-state index >= 15 is 0 Å². The third-order valence-electron chi connectivity index (χ3n) is 11.9. The van der Waals surface area contributed by atoms with E-state index in [1.807, 2.05) is 25.4 Å². The van der Waals surface area contributed by atoms with Crippen molar-refractivity contribution in [2.45, 2.75) is 78.2 Å². The quantitative estimate of drug-likeness (QED) is 0.466. The van der Waals surface area contributed by atoms with Gasteiger partial charge < -0.3 is 4.74 Å². The van der Waals surface area contributed by atoms with Gasteiger partial charge in [0.15, 0.2) is 0 Å². The summed E-state index contributed by atoms with van der Waals surface area (Å²) in [5.41, 5.74) is 2.42. The number of hydrogen-bond donors (Lipinski definition) is 0. The summed E-state index contributed by atoms with van der Waals surface area (Å²) in [6.45, 7) is 7.76. The third kappa shape index (κ3) is 2.72. The molecule has 0 bridgehead atoms. The fraction of sp³-hybridized carbons (Fsp3) is 0.759. The minimum atomic E-state index is 0.458. The molecule has 1 heterocycles. The number of ether oxygens (including phenoxy) is 1. The van der Waals surface area contributed by atoms with Crippen molar-refractivity contribution in [2.75, 3.05) is 7.11 Å². The van der Waals surface area contributed by atoms with Gasteiger partial charge in [0.1, 0.15) is 0 Å². The first-order valence-electron chi connectivity index (χ1n) is 13.2. The van der Waals surface area contributed by atoms with E-state index in [-0.39, 0.29) is 0 Å². The summed E-state index contributed by atoms with van der Waals surface area (Å²) in [5.74, 6) is 4.94. The molecule has 10 atom stereocenters. The summed E-state index contributed by atoms with van der Waals surface area (Å²) < 4.78 is 6.29. The van der Waals surface area contributed by atoms with E-state index in [1.54, 1.807) is 0 Å². The maximum absolute atomic E-state index is 6.36. The van der Waals surface area contributed by atoms with Gasteiger partial charge in [0.05, 0.1) is 16.8 Å². The molecule has 5 saturated carbocycles. The van der Waals surface area contributed by atoms with Crippen LogP contribution in [0.15, 0.2) is 24.4 Å². The largest absolute Gasteiger partial charge is 0.381 e. The number of nitrogens with zero attached hydrogens (tertiary/aromatic N) is 1. The van der Waals surface area contributed by atoms with Gasteiger partial charge in [0.25, 0.3) is 0 Å². The molecule has 2 nitrogen and oxygen atoms in total. The topological polar surface area (TPSA) is 22.1 Å². The zero-order valence-corrected chi connectivity index (χ0v) is 21.1. The molecule has 5 fully saturated rings. The van der Waals surface area contributed by atoms with Crippen LogP contribution < -0.4 is 0 Å². The van der Waals surface area contributed by atoms with Crippen LogP contribution in [0.3, 0.4) is 0 Å². The lowest BCUT2D eigenvalue weighted by Crippen LogP contribution is -2.57. The van der Waals surface area contributed by atoms with Crippen LogP contribution in [0, 0.1) is 51.8 Å². The van der Waals surface area contributed by atoms with E-state index < -0.39 is 0 Å². The Labute approximate surface area is 199 Å². The number of halogens is 1. The number of fused-ring (bicyclic) bond motifs is 4. The van der Waals surface area contributed by atoms with Gasteiger partial charge in [-0.15, -0.1) is 0 Å². The average molecular weight is 454 g/mol. The molecule has 0 aromatic carbocycles. The van der Waals surface area contributed by atoms with Crippen molar-refractivity contribution in [1.29, 1.82) is 0 Å². The Morgan fingerprint density at radius 2 is 2.00 bits per heavy atom. The van der Waals surface area contributed by atoms with Gasteiger partial charge in [-0.25, -0.2) is 0 Å². The number of methoxy groups -OCH3 is 1. The highest BCUT2D eigenvalue weighted by atomic mass is 35.5. The molecule has 5 aliphatic carbocycles. The summed E-state index contributed by atoms with van der Waals surface area (Å²) in [6, 6.07) is 3.84. The van der Waals surface area contributed by atoms with Gasteiger partial charge in [-0.2, -0.15) is 0 Å². The predicted molar refractivity (Wildman–Crippen MR) is 131 cm³/mol. The fourth-order valence-corrected chi connectivity index (χ4v) is 10.6. The molecule has 3 heteroatoms. The molecule has 1 aromatic rings. The van der Waals surface area contributed by atoms with Crippen molar-refractivity contribution < 1.29 is 4.74 Å². The van der Waals surface area contributed by atoms with E-state index in [9.17, 15) is 0 Å². The molecule has 0 aliphatic heterocycles. The van der Waals surface area contributed by atoms with Crippen molar-refractivity contribution >= 4 is 17.7 Å². The smallest absolute Gasteiger partial charge is 0.0812 e. The zero-order valence-electron chi connectivity index (χ0n) is 20.3. The van der Waals surface area contributed by atoms with E-state index in [0.717, 1.165) is 40.3 Å². The highest BCUT2D eigenvalue weighted by Gasteiger charge is 2.77. The molecule has 174 valence electrons. The second-order valence-corrected chi connectivity index (χ2v) is 13.0. The Balaban J connectivity index is 1.25. The summed E-state index contributed by atoms with van der Waals surface area (Å²) in [6.07, 6.45) is 18.2. The Kier molecular flexibility index (Phi) is 4.95. The van der Waals surface area contributed by atoms with Crippen molar-refractivity contribution in [1.82, 2.24) is 4.98 Å². The van der Waals surface area contributed by atoms with E-state index in [2.05, 4.69) is 37.9 Å². The third-order valence-corrected chi connectivity index (χ3v) is 12.2. The molecule has 32 heavy (non-hydrogen) atoms. The molecule has 6 rings (SSSR count). The predicted octanol–water partition coefficient (Wildman–Crippen LogP) is 7.67. The lowest BCUT2D eigenvalue weighted by molar-refractivity contribution is -0.160. The molecule has 0 N–H and O–H groups in total. The molecule has 5 aliphatic rings. The normalized spacial score (nSPS) is 49.9. The van der Waals surface area contributed by atoms with Gasteiger partial charge in [-0.3, -0.25) is 4.98 Å². The summed E-state index contributed by atoms with van der Waals surface area (Å²) in [5, 5.41) is 0.747. The maximum Gasteiger partial charge on any atom is 0.0812 e. The van der Waals surface area contributed by atoms with Gasteiger partial charge in [-0.05, 0) is 116 Å². The number of aromatic nitrogens is 1. The Morgan fingerprint density at radius 3 is 2.75 bits per heavy atom. The first-order valence-corrected chi connectivity index (χ1v) is 13.5. The molecule has 1 aromatic heterocycles. The fourth-order valence-electron chi connectivity index (χ4n) is 10.4. The molecule has 1 spiro atoms. The van der Waals surface area contributed by atoms with E-state index in [4.69, 9.17) is 16.3 Å². The highest BCUT2D eigenvalue weighted by molar-refractivity contribution is 6.31. The van der Waals surface area contributed by atoms with Crippen LogP contribution in [0.4, 0.5) is 0 Å². The van der Waals surface area contributed by atoms with Gasteiger partial charge in [0.2, 0.25) is 0 Å². The van der Waals surface area contributed by atoms with Crippen LogP contribution in [-0.2, 0) is 4.74 Å². The van der Waals surface area contributed by atoms with Crippen LogP contribution >= 0.6 is 11.6 Å². The van der Waals surface area contributed by atoms with Crippen LogP contribution in [-0.4, -0.2) is 18.2 Å². The molecule has 0 radical (unpaired) electrons. The van der Waals surface area contributed by atoms with Crippen molar-refractivity contribution in [3.63, 3.8) is 0 Å². The number of rotatable bonds is 4. The van der Waals surface area contributed by atoms with E-state index in [1.165, 1.54) is 51.4 Å². The Bertz CT molecular complexity index is 929. The molecular weight excluding hydrogens is 414 g/mol. The van der Waals surface area contributed by atoms with Crippen molar-refractivity contribution in [3.05, 3.63) is 35.1 Å². The molecule has 0 amide bonds. The van der Waals surface area contributed by atoms with Crippen molar-refractivity contribution in [3.8, 4) is 0 Å². The lowest BCUT2D eigenvalue weighted by atomic mass is 9.45. The summed E-state index contributed by atoms with van der Waals surface area (Å²) in [7, 11) is 2.00. The minimum absolute atomic E-state index is 0.458. The zero-order chi connectivity index (χ0) is 22.3. The van der Waals surface area contributed by atoms with E-state index in [0.29, 0.717) is 28.3 Å². The Hall–Kier alpha value is -0.860. The van der Waals surface area contributed by atoms with Crippen LogP contribution in [0.5, 0.6) is 0 Å². The van der Waals surface area contributed by atoms with Crippen LogP contribution in [0.25, 0.3) is 6.08 Å². The van der Waals surface area contributed by atoms with Gasteiger partial charge in [-0.1, -0.05) is 38.4 Å².